The quantitative estimate of drug-likeness (QED) is 0.431. The first-order chi connectivity index (χ1) is 13.1. The largest absolute Gasteiger partial charge is 0.464 e. The maximum atomic E-state index is 13.9. The molecule has 2 aliphatic heterocycles. The SMILES string of the molecule is Fc1ccc(Cl)c([C@H]2Oc3ccc(Br)cc3[C@H]3CC(c4cccs4)=NN32)c1. The van der Waals surface area contributed by atoms with E-state index in [1.165, 1.54) is 12.1 Å². The first kappa shape index (κ1) is 17.2. The Labute approximate surface area is 173 Å². The van der Waals surface area contributed by atoms with Crippen LogP contribution in [0.4, 0.5) is 4.39 Å². The number of fused-ring (bicyclic) bond motifs is 3. The normalized spacial score (nSPS) is 20.7. The maximum absolute atomic E-state index is 13.9. The van der Waals surface area contributed by atoms with Crippen molar-refractivity contribution in [1.29, 1.82) is 0 Å². The Morgan fingerprint density at radius 3 is 2.89 bits per heavy atom. The number of hydrogen-bond acceptors (Lipinski definition) is 4. The van der Waals surface area contributed by atoms with E-state index in [1.807, 2.05) is 28.6 Å². The number of thiophene rings is 1. The molecule has 0 unspecified atom stereocenters. The summed E-state index contributed by atoms with van der Waals surface area (Å²) < 4.78 is 21.1. The molecule has 136 valence electrons. The monoisotopic (exact) mass is 462 g/mol. The fourth-order valence-electron chi connectivity index (χ4n) is 3.56. The third-order valence-electron chi connectivity index (χ3n) is 4.78. The van der Waals surface area contributed by atoms with E-state index in [1.54, 1.807) is 17.4 Å². The van der Waals surface area contributed by atoms with Crippen LogP contribution in [-0.2, 0) is 0 Å². The summed E-state index contributed by atoms with van der Waals surface area (Å²) in [5.74, 6) is 0.421. The Balaban J connectivity index is 1.65. The molecule has 3 heterocycles. The van der Waals surface area contributed by atoms with Crippen LogP contribution in [0, 0.1) is 5.82 Å². The molecule has 5 rings (SSSR count). The van der Waals surface area contributed by atoms with Crippen LogP contribution in [-0.4, -0.2) is 10.7 Å². The summed E-state index contributed by atoms with van der Waals surface area (Å²) in [6.07, 6.45) is 0.181. The van der Waals surface area contributed by atoms with Crippen LogP contribution in [0.3, 0.4) is 0 Å². The van der Waals surface area contributed by atoms with Gasteiger partial charge in [-0.15, -0.1) is 11.3 Å². The molecule has 0 amide bonds. The summed E-state index contributed by atoms with van der Waals surface area (Å²) in [6, 6.07) is 14.3. The highest BCUT2D eigenvalue weighted by atomic mass is 79.9. The lowest BCUT2D eigenvalue weighted by atomic mass is 9.97. The molecule has 0 fully saturated rings. The summed E-state index contributed by atoms with van der Waals surface area (Å²) in [4.78, 5) is 1.13. The molecule has 2 atom stereocenters. The Hall–Kier alpha value is -1.89. The van der Waals surface area contributed by atoms with Gasteiger partial charge in [0.15, 0.2) is 0 Å². The minimum atomic E-state index is -0.579. The molecular formula is C20H13BrClFN2OS. The molecule has 0 saturated carbocycles. The zero-order valence-corrected chi connectivity index (χ0v) is 17.1. The average molecular weight is 464 g/mol. The molecule has 3 aromatic rings. The summed E-state index contributed by atoms with van der Waals surface area (Å²) in [7, 11) is 0. The van der Waals surface area contributed by atoms with E-state index in [9.17, 15) is 4.39 Å². The van der Waals surface area contributed by atoms with Gasteiger partial charge in [-0.25, -0.2) is 9.40 Å². The molecule has 27 heavy (non-hydrogen) atoms. The minimum Gasteiger partial charge on any atom is -0.464 e. The molecule has 0 bridgehead atoms. The lowest BCUT2D eigenvalue weighted by Crippen LogP contribution is -2.34. The molecule has 0 N–H and O–H groups in total. The smallest absolute Gasteiger partial charge is 0.215 e. The van der Waals surface area contributed by atoms with Gasteiger partial charge in [0, 0.05) is 27.0 Å². The van der Waals surface area contributed by atoms with Crippen molar-refractivity contribution in [3.8, 4) is 5.75 Å². The van der Waals surface area contributed by atoms with E-state index < -0.39 is 6.23 Å². The number of halogens is 3. The number of benzene rings is 2. The Kier molecular flexibility index (Phi) is 4.22. The second kappa shape index (κ2) is 6.62. The van der Waals surface area contributed by atoms with Gasteiger partial charge < -0.3 is 4.74 Å². The number of nitrogens with zero attached hydrogens (tertiary/aromatic N) is 2. The predicted octanol–water partition coefficient (Wildman–Crippen LogP) is 6.55. The Bertz CT molecular complexity index is 1060. The zero-order valence-electron chi connectivity index (χ0n) is 13.9. The number of hydrogen-bond donors (Lipinski definition) is 0. The highest BCUT2D eigenvalue weighted by Gasteiger charge is 2.42. The minimum absolute atomic E-state index is 0.00711. The van der Waals surface area contributed by atoms with Crippen molar-refractivity contribution in [2.24, 2.45) is 5.10 Å². The second-order valence-corrected chi connectivity index (χ2v) is 8.71. The van der Waals surface area contributed by atoms with Gasteiger partial charge in [0.2, 0.25) is 6.23 Å². The third-order valence-corrected chi connectivity index (χ3v) is 6.54. The van der Waals surface area contributed by atoms with E-state index in [-0.39, 0.29) is 11.9 Å². The first-order valence-corrected chi connectivity index (χ1v) is 10.5. The van der Waals surface area contributed by atoms with Gasteiger partial charge in [-0.1, -0.05) is 33.6 Å². The number of ether oxygens (including phenoxy) is 1. The van der Waals surface area contributed by atoms with Gasteiger partial charge >= 0.3 is 0 Å². The van der Waals surface area contributed by atoms with Gasteiger partial charge in [-0.3, -0.25) is 0 Å². The fraction of sp³-hybridized carbons (Fsp3) is 0.150. The highest BCUT2D eigenvalue weighted by Crippen LogP contribution is 2.49. The van der Waals surface area contributed by atoms with Crippen molar-refractivity contribution in [2.75, 3.05) is 0 Å². The van der Waals surface area contributed by atoms with Gasteiger partial charge in [-0.2, -0.15) is 5.10 Å². The van der Waals surface area contributed by atoms with Gasteiger partial charge in [0.05, 0.1) is 16.6 Å². The van der Waals surface area contributed by atoms with Crippen LogP contribution in [0.25, 0.3) is 0 Å². The summed E-state index contributed by atoms with van der Waals surface area (Å²) in [5, 5.41) is 9.25. The Morgan fingerprint density at radius 1 is 1.19 bits per heavy atom. The topological polar surface area (TPSA) is 24.8 Å². The lowest BCUT2D eigenvalue weighted by Gasteiger charge is -2.38. The molecule has 0 aliphatic carbocycles. The van der Waals surface area contributed by atoms with Gasteiger partial charge in [0.25, 0.3) is 0 Å². The average Bonchev–Trinajstić information content (AvgIpc) is 3.32. The van der Waals surface area contributed by atoms with E-state index in [2.05, 4.69) is 28.1 Å². The van der Waals surface area contributed by atoms with Crippen LogP contribution in [0.2, 0.25) is 5.02 Å². The van der Waals surface area contributed by atoms with Crippen molar-refractivity contribution >= 4 is 44.6 Å². The molecule has 2 aliphatic rings. The summed E-state index contributed by atoms with van der Waals surface area (Å²) in [6.45, 7) is 0. The zero-order chi connectivity index (χ0) is 18.5. The molecule has 3 nitrogen and oxygen atoms in total. The van der Waals surface area contributed by atoms with Crippen molar-refractivity contribution < 1.29 is 9.13 Å². The van der Waals surface area contributed by atoms with Crippen LogP contribution < -0.4 is 4.74 Å². The molecule has 0 spiro atoms. The third kappa shape index (κ3) is 2.96. The van der Waals surface area contributed by atoms with Crippen molar-refractivity contribution in [3.05, 3.63) is 85.2 Å². The van der Waals surface area contributed by atoms with Crippen molar-refractivity contribution in [1.82, 2.24) is 5.01 Å². The predicted molar refractivity (Wildman–Crippen MR) is 109 cm³/mol. The number of hydrazone groups is 1. The molecule has 0 saturated heterocycles. The molecule has 1 aromatic heterocycles. The van der Waals surface area contributed by atoms with E-state index in [0.717, 1.165) is 32.8 Å². The maximum Gasteiger partial charge on any atom is 0.215 e. The van der Waals surface area contributed by atoms with E-state index in [0.29, 0.717) is 10.6 Å². The summed E-state index contributed by atoms with van der Waals surface area (Å²) in [5.41, 5.74) is 2.64. The van der Waals surface area contributed by atoms with Gasteiger partial charge in [0.1, 0.15) is 11.6 Å². The van der Waals surface area contributed by atoms with E-state index >= 15 is 0 Å². The van der Waals surface area contributed by atoms with Crippen molar-refractivity contribution in [2.45, 2.75) is 18.7 Å². The van der Waals surface area contributed by atoms with Crippen LogP contribution >= 0.6 is 38.9 Å². The standard InChI is InChI=1S/C20H13BrClFN2OS/c21-11-3-6-18-14(8-11)17-10-16(19-2-1-7-27-19)24-25(17)20(26-18)13-9-12(23)4-5-15(13)22/h1-9,17,20H,10H2/t17-,20-/m1/s1. The van der Waals surface area contributed by atoms with Crippen molar-refractivity contribution in [3.63, 3.8) is 0 Å². The van der Waals surface area contributed by atoms with Gasteiger partial charge in [-0.05, 0) is 47.8 Å². The van der Waals surface area contributed by atoms with Crippen LogP contribution in [0.15, 0.2) is 63.5 Å². The van der Waals surface area contributed by atoms with Crippen LogP contribution in [0.1, 0.15) is 34.7 Å². The fourth-order valence-corrected chi connectivity index (χ4v) is 4.87. The van der Waals surface area contributed by atoms with E-state index in [4.69, 9.17) is 21.4 Å². The second-order valence-electron chi connectivity index (χ2n) is 6.44. The molecular weight excluding hydrogens is 451 g/mol. The molecule has 7 heteroatoms. The molecule has 2 aromatic carbocycles. The molecule has 0 radical (unpaired) electrons. The number of rotatable bonds is 2. The Morgan fingerprint density at radius 2 is 2.07 bits per heavy atom. The summed E-state index contributed by atoms with van der Waals surface area (Å²) >= 11 is 11.6. The van der Waals surface area contributed by atoms with Crippen LogP contribution in [0.5, 0.6) is 5.75 Å². The first-order valence-electron chi connectivity index (χ1n) is 8.41. The highest BCUT2D eigenvalue weighted by molar-refractivity contribution is 9.10. The lowest BCUT2D eigenvalue weighted by molar-refractivity contribution is -0.0191.